The lowest BCUT2D eigenvalue weighted by Gasteiger charge is -2.22. The number of nitrogens with one attached hydrogen (secondary N) is 5. The van der Waals surface area contributed by atoms with Gasteiger partial charge in [0, 0.05) is 163 Å². The van der Waals surface area contributed by atoms with Gasteiger partial charge < -0.3 is 31.0 Å². The van der Waals surface area contributed by atoms with E-state index in [1.165, 1.54) is 11.6 Å². The second-order valence-electron chi connectivity index (χ2n) is 25.3. The molecule has 1 fully saturated rings. The number of nitrogens with zero attached hydrogens (tertiary/aromatic N) is 16. The number of ether oxygens (including phenoxy) is 1. The number of imidazole rings is 1. The van der Waals surface area contributed by atoms with E-state index >= 15 is 0 Å². The summed E-state index contributed by atoms with van der Waals surface area (Å²) in [5.41, 5.74) is 18.1. The number of hydrogen-bond acceptors (Lipinski definition) is 17. The van der Waals surface area contributed by atoms with Gasteiger partial charge in [-0.1, -0.05) is 99.1 Å². The van der Waals surface area contributed by atoms with Crippen LogP contribution >= 0.6 is 27.5 Å². The first kappa shape index (κ1) is 71.5. The van der Waals surface area contributed by atoms with Crippen molar-refractivity contribution in [3.8, 4) is 33.8 Å². The fraction of sp³-hybridized carbons (Fsp3) is 0.190. The third-order valence-electron chi connectivity index (χ3n) is 18.2. The first-order chi connectivity index (χ1) is 52.3. The zero-order chi connectivity index (χ0) is 73.8. The molecule has 0 saturated carbocycles. The summed E-state index contributed by atoms with van der Waals surface area (Å²) in [6.07, 6.45) is 23.1. The number of rotatable bonds is 19. The van der Waals surface area contributed by atoms with Crippen molar-refractivity contribution in [2.24, 2.45) is 0 Å². The molecule has 0 unspecified atom stereocenters. The van der Waals surface area contributed by atoms with Crippen molar-refractivity contribution in [1.82, 2.24) is 68.4 Å². The minimum absolute atomic E-state index is 0.317. The van der Waals surface area contributed by atoms with Gasteiger partial charge in [-0.25, -0.2) is 29.3 Å². The predicted molar refractivity (Wildman–Crippen MR) is 409 cm³/mol. The molecule has 0 radical (unpaired) electrons. The minimum atomic E-state index is -0.317. The van der Waals surface area contributed by atoms with Gasteiger partial charge in [0.2, 0.25) is 37.2 Å². The molecule has 25 nitrogen and oxygen atoms in total. The van der Waals surface area contributed by atoms with Crippen LogP contribution in [0.25, 0.3) is 67.4 Å². The molecule has 4 aromatic carbocycles. The van der Waals surface area contributed by atoms with Gasteiger partial charge in [-0.3, -0.25) is 15.6 Å². The second kappa shape index (κ2) is 33.1. The summed E-state index contributed by atoms with van der Waals surface area (Å²) in [4.78, 5) is 26.6. The van der Waals surface area contributed by atoms with Crippen molar-refractivity contribution >= 4 is 84.4 Å². The zero-order valence-corrected chi connectivity index (χ0v) is 61.1. The summed E-state index contributed by atoms with van der Waals surface area (Å²) < 4.78 is 30.9. The van der Waals surface area contributed by atoms with E-state index in [9.17, 15) is 20.0 Å². The Bertz CT molecular complexity index is 5590. The fourth-order valence-electron chi connectivity index (χ4n) is 12.5. The summed E-state index contributed by atoms with van der Waals surface area (Å²) in [5, 5.41) is 60.8. The van der Waals surface area contributed by atoms with Gasteiger partial charge in [-0.05, 0) is 102 Å². The predicted octanol–water partition coefficient (Wildman–Crippen LogP) is 14.0. The van der Waals surface area contributed by atoms with Crippen molar-refractivity contribution in [2.75, 3.05) is 34.5 Å². The number of fused-ring (bicyclic) bond motifs is 5. The number of aromatic amines is 1. The van der Waals surface area contributed by atoms with Crippen LogP contribution in [0.15, 0.2) is 230 Å². The van der Waals surface area contributed by atoms with Crippen molar-refractivity contribution in [1.29, 1.82) is 0 Å². The molecule has 107 heavy (non-hydrogen) atoms. The maximum Gasteiger partial charge on any atom is 0.227 e. The Labute approximate surface area is 627 Å². The lowest BCUT2D eigenvalue weighted by molar-refractivity contribution is -0.905. The Balaban J connectivity index is 0.000000120. The molecular formula is C79H77BrClFN21O4+3. The van der Waals surface area contributed by atoms with Crippen LogP contribution < -0.4 is 35.5 Å². The van der Waals surface area contributed by atoms with Gasteiger partial charge in [-0.2, -0.15) is 38.5 Å². The first-order valence-corrected chi connectivity index (χ1v) is 36.3. The Hall–Kier alpha value is -12.5. The van der Waals surface area contributed by atoms with Crippen LogP contribution in [0.5, 0.6) is 0 Å². The van der Waals surface area contributed by atoms with E-state index in [-0.39, 0.29) is 5.82 Å². The van der Waals surface area contributed by atoms with Gasteiger partial charge in [0.05, 0.1) is 63.7 Å². The highest BCUT2D eigenvalue weighted by Crippen LogP contribution is 2.33. The fourth-order valence-corrected chi connectivity index (χ4v) is 13.1. The van der Waals surface area contributed by atoms with E-state index in [1.807, 2.05) is 96.6 Å². The average Bonchev–Trinajstić information content (AvgIpc) is 1.52. The largest absolute Gasteiger partial charge is 0.381 e. The van der Waals surface area contributed by atoms with Crippen LogP contribution in [-0.4, -0.2) is 97.2 Å². The molecule has 0 aliphatic carbocycles. The summed E-state index contributed by atoms with van der Waals surface area (Å²) in [6.45, 7) is 10.1. The third-order valence-corrected chi connectivity index (χ3v) is 19.0. The highest BCUT2D eigenvalue weighted by Gasteiger charge is 2.22. The summed E-state index contributed by atoms with van der Waals surface area (Å²) in [6, 6.07) is 49.7. The van der Waals surface area contributed by atoms with E-state index in [1.54, 1.807) is 112 Å². The molecular weight excluding hydrogens is 1440 g/mol. The van der Waals surface area contributed by atoms with Crippen LogP contribution in [0.2, 0.25) is 5.02 Å². The Morgan fingerprint density at radius 3 is 1.49 bits per heavy atom. The van der Waals surface area contributed by atoms with Crippen LogP contribution in [0, 0.1) is 5.82 Å². The number of anilines is 4. The van der Waals surface area contributed by atoms with E-state index < -0.39 is 0 Å². The maximum atomic E-state index is 14.3. The molecule has 540 valence electrons. The molecule has 12 aromatic heterocycles. The number of aryl methyl sites for hydroxylation is 3. The maximum absolute atomic E-state index is 14.3. The summed E-state index contributed by atoms with van der Waals surface area (Å²) >= 11 is 9.92. The van der Waals surface area contributed by atoms with E-state index in [4.69, 9.17) is 31.3 Å². The quantitative estimate of drug-likeness (QED) is 0.0276. The van der Waals surface area contributed by atoms with E-state index in [0.717, 1.165) is 171 Å². The molecule has 0 amide bonds. The molecule has 0 spiro atoms. The Morgan fingerprint density at radius 2 is 0.963 bits per heavy atom. The molecule has 0 bridgehead atoms. The molecule has 17 rings (SSSR count). The molecule has 0 atom stereocenters. The second-order valence-corrected chi connectivity index (χ2v) is 26.6. The van der Waals surface area contributed by atoms with E-state index in [0.29, 0.717) is 59.8 Å². The smallest absolute Gasteiger partial charge is 0.227 e. The van der Waals surface area contributed by atoms with Gasteiger partial charge >= 0.3 is 0 Å². The van der Waals surface area contributed by atoms with Crippen molar-refractivity contribution in [3.05, 3.63) is 286 Å². The number of pyridine rings is 3. The van der Waals surface area contributed by atoms with Gasteiger partial charge in [0.15, 0.2) is 22.6 Å². The molecule has 28 heteroatoms. The zero-order valence-electron chi connectivity index (χ0n) is 58.8. The standard InChI is InChI=1S/C22H20N6.C20H19ClN5O.C20H19FN5O.C17H19BrN5O2/c1-2-16-13-26-28-21(11-19(27-22(16)28)17-6-4-3-5-7-17)23-12-15-8-9-18-20(10-15)25-14-24-18;2*1-2-15-12-23-26-19(22-11-14-6-5-9-25(27)13-14)10-18(24-20(15)26)16-7-3-4-8-17(16)21;18-14-10-20-23-16(19-9-12-2-1-5-22(24)11-12)8-15(21-17(14)23)13-3-6-25-7-4-13/h3-11,13-14,23H,2,12H2,1H3,(H,24,25);2*3-10,12-13,22,27H,2,11H2,1H3;1-2,5,8,10-11,13,19,24H,3-4,6-7,9H2/q;3*+1. The number of hydrogen-bond donors (Lipinski definition) is 8. The van der Waals surface area contributed by atoms with Crippen LogP contribution in [0.1, 0.15) is 84.2 Å². The number of halogens is 3. The average molecular weight is 1520 g/mol. The van der Waals surface area contributed by atoms with Gasteiger partial charge in [0.25, 0.3) is 0 Å². The molecule has 13 heterocycles. The van der Waals surface area contributed by atoms with Crippen LogP contribution in [-0.2, 0) is 50.2 Å². The summed E-state index contributed by atoms with van der Waals surface area (Å²) in [7, 11) is 0. The highest BCUT2D eigenvalue weighted by atomic mass is 79.9. The van der Waals surface area contributed by atoms with Gasteiger partial charge in [0.1, 0.15) is 29.1 Å². The number of benzene rings is 4. The molecule has 1 aliphatic heterocycles. The van der Waals surface area contributed by atoms with Crippen molar-refractivity contribution < 1.29 is 38.9 Å². The van der Waals surface area contributed by atoms with Crippen LogP contribution in [0.3, 0.4) is 0 Å². The molecule has 1 aliphatic rings. The van der Waals surface area contributed by atoms with Crippen molar-refractivity contribution in [3.63, 3.8) is 0 Å². The first-order valence-electron chi connectivity index (χ1n) is 35.1. The minimum Gasteiger partial charge on any atom is -0.381 e. The van der Waals surface area contributed by atoms with Crippen LogP contribution in [0.4, 0.5) is 27.7 Å². The summed E-state index contributed by atoms with van der Waals surface area (Å²) in [5.74, 6) is 3.40. The lowest BCUT2D eigenvalue weighted by Crippen LogP contribution is -2.29. The van der Waals surface area contributed by atoms with Gasteiger partial charge in [-0.15, -0.1) is 0 Å². The highest BCUT2D eigenvalue weighted by molar-refractivity contribution is 9.10. The Morgan fingerprint density at radius 1 is 0.505 bits per heavy atom. The van der Waals surface area contributed by atoms with E-state index in [2.05, 4.69) is 123 Å². The Kier molecular flexibility index (Phi) is 22.1. The number of H-pyrrole nitrogens is 1. The SMILES string of the molecule is CCc1cnn2c(NCc3ccc4nc[nH]c4c3)cc(-c3ccccc3)nc12.CCc1cnn2c(NCc3ccc[n+](O)c3)cc(-c3ccccc3Cl)nc12.CCc1cnn2c(NCc3ccc[n+](O)c3)cc(-c3ccccc3F)nc12.O[n+]1cccc(CNc2cc(C3CCOCC3)nc3c(Br)cnn23)c1. The monoisotopic (exact) mass is 1520 g/mol. The number of aromatic nitrogens is 17. The topological polar surface area (TPSA) is 279 Å². The third kappa shape index (κ3) is 16.7. The molecule has 1 saturated heterocycles. The van der Waals surface area contributed by atoms with Crippen molar-refractivity contribution in [2.45, 2.75) is 85.0 Å². The molecule has 8 N–H and O–H groups in total. The molecule has 16 aromatic rings. The lowest BCUT2D eigenvalue weighted by atomic mass is 9.96. The normalized spacial score (nSPS) is 12.2.